The molecule has 0 amide bonds. The molecule has 0 aromatic heterocycles. The normalized spacial score (nSPS) is 24.9. The van der Waals surface area contributed by atoms with Crippen molar-refractivity contribution in [3.63, 3.8) is 0 Å². The summed E-state index contributed by atoms with van der Waals surface area (Å²) in [6.45, 7) is 0. The van der Waals surface area contributed by atoms with Crippen LogP contribution in [0, 0.1) is 5.41 Å². The van der Waals surface area contributed by atoms with Crippen LogP contribution in [0.5, 0.6) is 0 Å². The molecule has 2 aliphatic rings. The molecule has 0 spiro atoms. The Morgan fingerprint density at radius 3 is 2.41 bits per heavy atom. The lowest BCUT2D eigenvalue weighted by Gasteiger charge is -2.32. The first kappa shape index (κ1) is 14.6. The Morgan fingerprint density at radius 2 is 1.82 bits per heavy atom. The first-order valence-corrected chi connectivity index (χ1v) is 7.17. The van der Waals surface area contributed by atoms with Gasteiger partial charge in [-0.15, -0.1) is 0 Å². The van der Waals surface area contributed by atoms with Crippen molar-refractivity contribution in [2.45, 2.75) is 24.9 Å². The number of hydrogen-bond acceptors (Lipinski definition) is 6. The number of hydrazone groups is 1. The predicted molar refractivity (Wildman–Crippen MR) is 79.0 cm³/mol. The van der Waals surface area contributed by atoms with E-state index < -0.39 is 23.4 Å². The number of carbonyl (C=O) groups is 2. The number of fused-ring (bicyclic) bond motifs is 1. The van der Waals surface area contributed by atoms with E-state index in [1.807, 2.05) is 41.6 Å². The Morgan fingerprint density at radius 1 is 1.18 bits per heavy atom. The molecule has 1 fully saturated rings. The van der Waals surface area contributed by atoms with Crippen molar-refractivity contribution in [2.75, 3.05) is 14.2 Å². The van der Waals surface area contributed by atoms with E-state index in [-0.39, 0.29) is 6.04 Å². The standard InChI is InChI=1S/C16H18N2O4/c1-21-14(19)16(15(20)22-2)10-12-8-9-17-18(12)13(16)11-6-4-3-5-7-11/h3-7,9,12-13H,8,10H2,1-2H3/t12-,13-/m0/s1. The summed E-state index contributed by atoms with van der Waals surface area (Å²) in [6, 6.07) is 8.91. The van der Waals surface area contributed by atoms with E-state index in [0.717, 1.165) is 5.56 Å². The number of esters is 2. The molecule has 2 heterocycles. The van der Waals surface area contributed by atoms with E-state index in [1.54, 1.807) is 0 Å². The summed E-state index contributed by atoms with van der Waals surface area (Å²) in [7, 11) is 2.59. The molecule has 0 aliphatic carbocycles. The summed E-state index contributed by atoms with van der Waals surface area (Å²) in [5.74, 6) is -1.14. The fraction of sp³-hybridized carbons (Fsp3) is 0.438. The van der Waals surface area contributed by atoms with Gasteiger partial charge in [-0.05, 0) is 12.0 Å². The lowest BCUT2D eigenvalue weighted by atomic mass is 9.76. The molecule has 1 saturated heterocycles. The summed E-state index contributed by atoms with van der Waals surface area (Å²) >= 11 is 0. The summed E-state index contributed by atoms with van der Waals surface area (Å²) in [6.07, 6.45) is 2.87. The molecule has 6 heteroatoms. The van der Waals surface area contributed by atoms with Crippen molar-refractivity contribution in [2.24, 2.45) is 10.5 Å². The van der Waals surface area contributed by atoms with Gasteiger partial charge in [-0.25, -0.2) is 0 Å². The van der Waals surface area contributed by atoms with Crippen LogP contribution in [0.3, 0.4) is 0 Å². The lowest BCUT2D eigenvalue weighted by molar-refractivity contribution is -0.171. The maximum absolute atomic E-state index is 12.5. The van der Waals surface area contributed by atoms with E-state index in [2.05, 4.69) is 5.10 Å². The Bertz CT molecular complexity index is 598. The monoisotopic (exact) mass is 302 g/mol. The van der Waals surface area contributed by atoms with Gasteiger partial charge in [-0.2, -0.15) is 5.10 Å². The number of carbonyl (C=O) groups excluding carboxylic acids is 2. The Kier molecular flexibility index (Phi) is 3.60. The highest BCUT2D eigenvalue weighted by atomic mass is 16.5. The second kappa shape index (κ2) is 5.44. The summed E-state index contributed by atoms with van der Waals surface area (Å²) in [5.41, 5.74) is -0.535. The van der Waals surface area contributed by atoms with Gasteiger partial charge in [0.15, 0.2) is 5.41 Å². The number of hydrogen-bond donors (Lipinski definition) is 0. The van der Waals surface area contributed by atoms with E-state index in [4.69, 9.17) is 9.47 Å². The summed E-state index contributed by atoms with van der Waals surface area (Å²) in [5, 5.41) is 6.21. The average molecular weight is 302 g/mol. The van der Waals surface area contributed by atoms with E-state index in [0.29, 0.717) is 12.8 Å². The van der Waals surface area contributed by atoms with Crippen LogP contribution in [-0.2, 0) is 19.1 Å². The second-order valence-electron chi connectivity index (χ2n) is 5.54. The van der Waals surface area contributed by atoms with Crippen molar-refractivity contribution >= 4 is 18.2 Å². The minimum absolute atomic E-state index is 0.00315. The van der Waals surface area contributed by atoms with Gasteiger partial charge in [0.25, 0.3) is 0 Å². The fourth-order valence-corrected chi connectivity index (χ4v) is 3.54. The van der Waals surface area contributed by atoms with Gasteiger partial charge in [-0.3, -0.25) is 14.6 Å². The zero-order valence-corrected chi connectivity index (χ0v) is 12.6. The van der Waals surface area contributed by atoms with E-state index in [9.17, 15) is 9.59 Å². The third kappa shape index (κ3) is 1.90. The molecule has 0 unspecified atom stereocenters. The minimum Gasteiger partial charge on any atom is -0.468 e. The molecule has 2 aliphatic heterocycles. The topological polar surface area (TPSA) is 68.2 Å². The van der Waals surface area contributed by atoms with Gasteiger partial charge >= 0.3 is 11.9 Å². The summed E-state index contributed by atoms with van der Waals surface area (Å²) < 4.78 is 9.92. The van der Waals surface area contributed by atoms with Gasteiger partial charge in [-0.1, -0.05) is 30.3 Å². The van der Waals surface area contributed by atoms with Crippen LogP contribution in [-0.4, -0.2) is 43.4 Å². The third-order valence-electron chi connectivity index (χ3n) is 4.47. The highest BCUT2D eigenvalue weighted by Gasteiger charge is 2.64. The average Bonchev–Trinajstić information content (AvgIpc) is 3.12. The highest BCUT2D eigenvalue weighted by molar-refractivity contribution is 6.02. The lowest BCUT2D eigenvalue weighted by Crippen LogP contribution is -2.45. The van der Waals surface area contributed by atoms with Crippen molar-refractivity contribution in [3.05, 3.63) is 35.9 Å². The highest BCUT2D eigenvalue weighted by Crippen LogP contribution is 2.53. The van der Waals surface area contributed by atoms with Crippen LogP contribution in [0.15, 0.2) is 35.4 Å². The molecule has 1 aromatic carbocycles. The molecule has 2 atom stereocenters. The van der Waals surface area contributed by atoms with Gasteiger partial charge in [0, 0.05) is 12.6 Å². The SMILES string of the molecule is COC(=O)C1(C(=O)OC)C[C@@H]2CC=NN2[C@H]1c1ccccc1. The molecular weight excluding hydrogens is 284 g/mol. The number of methoxy groups -OCH3 is 2. The van der Waals surface area contributed by atoms with Crippen molar-refractivity contribution in [1.29, 1.82) is 0 Å². The van der Waals surface area contributed by atoms with Crippen molar-refractivity contribution in [1.82, 2.24) is 5.01 Å². The van der Waals surface area contributed by atoms with Crippen LogP contribution in [0.25, 0.3) is 0 Å². The number of ether oxygens (including phenoxy) is 2. The number of benzene rings is 1. The van der Waals surface area contributed by atoms with Crippen LogP contribution in [0.2, 0.25) is 0 Å². The Balaban J connectivity index is 2.16. The largest absolute Gasteiger partial charge is 0.468 e. The zero-order chi connectivity index (χ0) is 15.7. The van der Waals surface area contributed by atoms with Gasteiger partial charge < -0.3 is 9.47 Å². The third-order valence-corrected chi connectivity index (χ3v) is 4.47. The summed E-state index contributed by atoms with van der Waals surface area (Å²) in [4.78, 5) is 25.1. The minimum atomic E-state index is -1.38. The van der Waals surface area contributed by atoms with Crippen molar-refractivity contribution < 1.29 is 19.1 Å². The molecule has 22 heavy (non-hydrogen) atoms. The van der Waals surface area contributed by atoms with Gasteiger partial charge in [0.05, 0.1) is 26.3 Å². The Hall–Kier alpha value is -2.37. The van der Waals surface area contributed by atoms with Crippen molar-refractivity contribution in [3.8, 4) is 0 Å². The van der Waals surface area contributed by atoms with E-state index in [1.165, 1.54) is 14.2 Å². The molecule has 3 rings (SSSR count). The number of nitrogens with zero attached hydrogens (tertiary/aromatic N) is 2. The molecule has 0 bridgehead atoms. The Labute approximate surface area is 128 Å². The van der Waals surface area contributed by atoms with Crippen LogP contribution in [0.4, 0.5) is 0 Å². The van der Waals surface area contributed by atoms with Gasteiger partial charge in [0.1, 0.15) is 0 Å². The first-order chi connectivity index (χ1) is 10.6. The molecule has 116 valence electrons. The molecular formula is C16H18N2O4. The molecule has 1 aromatic rings. The maximum atomic E-state index is 12.5. The molecule has 0 saturated carbocycles. The number of rotatable bonds is 3. The van der Waals surface area contributed by atoms with Crippen LogP contribution >= 0.6 is 0 Å². The molecule has 6 nitrogen and oxygen atoms in total. The fourth-order valence-electron chi connectivity index (χ4n) is 3.54. The maximum Gasteiger partial charge on any atom is 0.325 e. The van der Waals surface area contributed by atoms with Gasteiger partial charge in [0.2, 0.25) is 0 Å². The van der Waals surface area contributed by atoms with Crippen LogP contribution < -0.4 is 0 Å². The first-order valence-electron chi connectivity index (χ1n) is 7.17. The molecule has 0 N–H and O–H groups in total. The zero-order valence-electron chi connectivity index (χ0n) is 12.6. The smallest absolute Gasteiger partial charge is 0.325 e. The quantitative estimate of drug-likeness (QED) is 0.625. The predicted octanol–water partition coefficient (Wildman–Crippen LogP) is 1.52. The van der Waals surface area contributed by atoms with E-state index >= 15 is 0 Å². The molecule has 0 radical (unpaired) electrons. The van der Waals surface area contributed by atoms with Crippen LogP contribution in [0.1, 0.15) is 24.4 Å². The second-order valence-corrected chi connectivity index (χ2v) is 5.54.